The summed E-state index contributed by atoms with van der Waals surface area (Å²) in [6.45, 7) is 3.83. The van der Waals surface area contributed by atoms with E-state index in [0.717, 1.165) is 18.8 Å². The van der Waals surface area contributed by atoms with Crippen LogP contribution in [0.3, 0.4) is 0 Å². The monoisotopic (exact) mass is 155 g/mol. The van der Waals surface area contributed by atoms with Gasteiger partial charge in [0.2, 0.25) is 0 Å². The lowest BCUT2D eigenvalue weighted by atomic mass is 10.4. The molecular weight excluding hydrogens is 142 g/mol. The second kappa shape index (κ2) is 3.39. The molecule has 0 aromatic carbocycles. The third-order valence-corrected chi connectivity index (χ3v) is 1.54. The third kappa shape index (κ3) is 2.23. The fourth-order valence-corrected chi connectivity index (χ4v) is 0.774. The van der Waals surface area contributed by atoms with Crippen LogP contribution in [0.1, 0.15) is 12.7 Å². The molecule has 0 saturated carbocycles. The molecule has 1 aromatic heterocycles. The Morgan fingerprint density at radius 3 is 2.91 bits per heavy atom. The molecule has 11 heavy (non-hydrogen) atoms. The van der Waals surface area contributed by atoms with Crippen LogP contribution in [-0.4, -0.2) is 23.5 Å². The predicted molar refractivity (Wildman–Crippen MR) is 42.9 cm³/mol. The van der Waals surface area contributed by atoms with Crippen molar-refractivity contribution in [2.75, 3.05) is 19.3 Å². The summed E-state index contributed by atoms with van der Waals surface area (Å²) in [7, 11) is 2.01. The Labute approximate surface area is 66.0 Å². The van der Waals surface area contributed by atoms with Gasteiger partial charge in [-0.05, 0) is 13.6 Å². The maximum Gasteiger partial charge on any atom is 0.292 e. The maximum absolute atomic E-state index is 5.30. The second-order valence-electron chi connectivity index (χ2n) is 2.50. The van der Waals surface area contributed by atoms with Gasteiger partial charge in [-0.25, -0.2) is 4.98 Å². The van der Waals surface area contributed by atoms with E-state index in [0.29, 0.717) is 0 Å². The second-order valence-corrected chi connectivity index (χ2v) is 2.50. The Hall–Kier alpha value is -1.03. The Morgan fingerprint density at radius 2 is 2.45 bits per heavy atom. The number of nitrogen functional groups attached to an aromatic ring is 1. The Kier molecular flexibility index (Phi) is 2.48. The van der Waals surface area contributed by atoms with Gasteiger partial charge in [-0.3, -0.25) is 4.90 Å². The van der Waals surface area contributed by atoms with Crippen molar-refractivity contribution < 1.29 is 4.42 Å². The highest BCUT2D eigenvalue weighted by Gasteiger charge is 2.02. The van der Waals surface area contributed by atoms with Gasteiger partial charge < -0.3 is 10.2 Å². The molecule has 0 unspecified atom stereocenters. The van der Waals surface area contributed by atoms with Gasteiger partial charge in [0.25, 0.3) is 6.01 Å². The quantitative estimate of drug-likeness (QED) is 0.698. The first-order valence-electron chi connectivity index (χ1n) is 3.61. The van der Waals surface area contributed by atoms with E-state index in [1.807, 2.05) is 7.05 Å². The summed E-state index contributed by atoms with van der Waals surface area (Å²) in [6.07, 6.45) is 1.65. The van der Waals surface area contributed by atoms with Gasteiger partial charge in [0.1, 0.15) is 5.76 Å². The summed E-state index contributed by atoms with van der Waals surface area (Å²) < 4.78 is 5.08. The summed E-state index contributed by atoms with van der Waals surface area (Å²) in [4.78, 5) is 5.90. The van der Waals surface area contributed by atoms with Crippen LogP contribution in [0.4, 0.5) is 6.01 Å². The predicted octanol–water partition coefficient (Wildman–Crippen LogP) is 0.709. The highest BCUT2D eigenvalue weighted by molar-refractivity contribution is 5.10. The number of anilines is 1. The van der Waals surface area contributed by atoms with Crippen LogP contribution in [-0.2, 0) is 6.54 Å². The summed E-state index contributed by atoms with van der Waals surface area (Å²) >= 11 is 0. The average Bonchev–Trinajstić information content (AvgIpc) is 2.35. The normalized spacial score (nSPS) is 10.8. The summed E-state index contributed by atoms with van der Waals surface area (Å²) in [5, 5.41) is 0. The SMILES string of the molecule is CCN(C)Cc1cnc(N)o1. The molecule has 0 saturated heterocycles. The van der Waals surface area contributed by atoms with Gasteiger partial charge in [-0.2, -0.15) is 0 Å². The fourth-order valence-electron chi connectivity index (χ4n) is 0.774. The minimum absolute atomic E-state index is 0.240. The molecule has 2 N–H and O–H groups in total. The maximum atomic E-state index is 5.30. The lowest BCUT2D eigenvalue weighted by molar-refractivity contribution is 0.312. The van der Waals surface area contributed by atoms with Gasteiger partial charge >= 0.3 is 0 Å². The molecule has 0 radical (unpaired) electrons. The van der Waals surface area contributed by atoms with Crippen molar-refractivity contribution in [3.05, 3.63) is 12.0 Å². The zero-order chi connectivity index (χ0) is 8.27. The molecule has 1 rings (SSSR count). The molecule has 0 amide bonds. The molecule has 1 aromatic rings. The van der Waals surface area contributed by atoms with Crippen LogP contribution in [0.15, 0.2) is 10.6 Å². The van der Waals surface area contributed by atoms with Crippen molar-refractivity contribution >= 4 is 6.01 Å². The van der Waals surface area contributed by atoms with Crippen molar-refractivity contribution in [1.82, 2.24) is 9.88 Å². The first-order valence-corrected chi connectivity index (χ1v) is 3.61. The molecular formula is C7H13N3O. The molecule has 0 bridgehead atoms. The van der Waals surface area contributed by atoms with Crippen LogP contribution in [0, 0.1) is 0 Å². The van der Waals surface area contributed by atoms with E-state index < -0.39 is 0 Å². The van der Waals surface area contributed by atoms with Crippen LogP contribution in [0.5, 0.6) is 0 Å². The minimum Gasteiger partial charge on any atom is -0.428 e. The standard InChI is InChI=1S/C7H13N3O/c1-3-10(2)5-6-4-9-7(8)11-6/h4H,3,5H2,1-2H3,(H2,8,9). The van der Waals surface area contributed by atoms with Gasteiger partial charge in [-0.15, -0.1) is 0 Å². The molecule has 0 aliphatic heterocycles. The molecule has 4 heteroatoms. The molecule has 0 atom stereocenters. The minimum atomic E-state index is 0.240. The molecule has 62 valence electrons. The van der Waals surface area contributed by atoms with E-state index in [2.05, 4.69) is 16.8 Å². The van der Waals surface area contributed by atoms with E-state index in [1.54, 1.807) is 6.20 Å². The Balaban J connectivity index is 2.50. The highest BCUT2D eigenvalue weighted by atomic mass is 16.4. The largest absolute Gasteiger partial charge is 0.428 e. The molecule has 4 nitrogen and oxygen atoms in total. The first-order chi connectivity index (χ1) is 5.22. The van der Waals surface area contributed by atoms with Crippen LogP contribution >= 0.6 is 0 Å². The zero-order valence-electron chi connectivity index (χ0n) is 6.87. The van der Waals surface area contributed by atoms with Crippen molar-refractivity contribution in [3.8, 4) is 0 Å². The lowest BCUT2D eigenvalue weighted by Gasteiger charge is -2.09. The summed E-state index contributed by atoms with van der Waals surface area (Å²) in [6, 6.07) is 0.240. The van der Waals surface area contributed by atoms with Crippen LogP contribution in [0.2, 0.25) is 0 Å². The molecule has 0 spiro atoms. The van der Waals surface area contributed by atoms with E-state index in [-0.39, 0.29) is 6.01 Å². The van der Waals surface area contributed by atoms with Gasteiger partial charge in [0.15, 0.2) is 0 Å². The Bertz CT molecular complexity index is 221. The van der Waals surface area contributed by atoms with Crippen LogP contribution in [0.25, 0.3) is 0 Å². The molecule has 0 aliphatic carbocycles. The number of oxazole rings is 1. The van der Waals surface area contributed by atoms with Crippen molar-refractivity contribution in [2.24, 2.45) is 0 Å². The first kappa shape index (κ1) is 8.07. The van der Waals surface area contributed by atoms with E-state index in [1.165, 1.54) is 0 Å². The highest BCUT2D eigenvalue weighted by Crippen LogP contribution is 2.06. The number of nitrogens with two attached hydrogens (primary N) is 1. The number of hydrogen-bond acceptors (Lipinski definition) is 4. The number of hydrogen-bond donors (Lipinski definition) is 1. The van der Waals surface area contributed by atoms with Gasteiger partial charge in [0, 0.05) is 0 Å². The van der Waals surface area contributed by atoms with Gasteiger partial charge in [0.05, 0.1) is 12.7 Å². The summed E-state index contributed by atoms with van der Waals surface area (Å²) in [5.74, 6) is 0.812. The average molecular weight is 155 g/mol. The number of aromatic nitrogens is 1. The van der Waals surface area contributed by atoms with E-state index in [9.17, 15) is 0 Å². The Morgan fingerprint density at radius 1 is 1.73 bits per heavy atom. The van der Waals surface area contributed by atoms with Gasteiger partial charge in [-0.1, -0.05) is 6.92 Å². The molecule has 0 aliphatic rings. The van der Waals surface area contributed by atoms with E-state index >= 15 is 0 Å². The van der Waals surface area contributed by atoms with Crippen LogP contribution < -0.4 is 5.73 Å². The molecule has 0 fully saturated rings. The third-order valence-electron chi connectivity index (χ3n) is 1.54. The lowest BCUT2D eigenvalue weighted by Crippen LogP contribution is -2.16. The fraction of sp³-hybridized carbons (Fsp3) is 0.571. The molecule has 1 heterocycles. The summed E-state index contributed by atoms with van der Waals surface area (Å²) in [5.41, 5.74) is 5.30. The zero-order valence-corrected chi connectivity index (χ0v) is 6.87. The smallest absolute Gasteiger partial charge is 0.292 e. The number of nitrogens with zero attached hydrogens (tertiary/aromatic N) is 2. The van der Waals surface area contributed by atoms with Crippen molar-refractivity contribution in [2.45, 2.75) is 13.5 Å². The van der Waals surface area contributed by atoms with E-state index in [4.69, 9.17) is 10.2 Å². The van der Waals surface area contributed by atoms with Crippen molar-refractivity contribution in [1.29, 1.82) is 0 Å². The topological polar surface area (TPSA) is 55.3 Å². The number of rotatable bonds is 3. The van der Waals surface area contributed by atoms with Crippen molar-refractivity contribution in [3.63, 3.8) is 0 Å².